The zero-order chi connectivity index (χ0) is 24.9. The number of benzene rings is 3. The highest BCUT2D eigenvalue weighted by molar-refractivity contribution is 6.13. The predicted molar refractivity (Wildman–Crippen MR) is 134 cm³/mol. The first-order valence-electron chi connectivity index (χ1n) is 10.8. The van der Waals surface area contributed by atoms with Gasteiger partial charge in [0, 0.05) is 30.4 Å². The van der Waals surface area contributed by atoms with E-state index in [-0.39, 0.29) is 16.8 Å². The van der Waals surface area contributed by atoms with Crippen LogP contribution in [0.3, 0.4) is 0 Å². The summed E-state index contributed by atoms with van der Waals surface area (Å²) in [6, 6.07) is 15.7. The quantitative estimate of drug-likeness (QED) is 0.534. The van der Waals surface area contributed by atoms with Gasteiger partial charge in [-0.25, -0.2) is 4.39 Å². The van der Waals surface area contributed by atoms with Gasteiger partial charge in [-0.2, -0.15) is 0 Å². The minimum atomic E-state index is -0.687. The molecule has 0 saturated heterocycles. The van der Waals surface area contributed by atoms with Crippen molar-refractivity contribution in [3.05, 3.63) is 88.7 Å². The van der Waals surface area contributed by atoms with Crippen molar-refractivity contribution in [2.75, 3.05) is 37.9 Å². The van der Waals surface area contributed by atoms with Crippen LogP contribution in [0.1, 0.15) is 31.8 Å². The number of carbonyl (C=O) groups is 2. The third-order valence-corrected chi connectivity index (χ3v) is 5.56. The van der Waals surface area contributed by atoms with Gasteiger partial charge in [-0.05, 0) is 54.6 Å². The van der Waals surface area contributed by atoms with E-state index < -0.39 is 17.6 Å². The summed E-state index contributed by atoms with van der Waals surface area (Å²) in [6.45, 7) is 1.40. The van der Waals surface area contributed by atoms with Crippen LogP contribution in [0.5, 0.6) is 5.75 Å². The topological polar surface area (TPSA) is 83.0 Å². The van der Waals surface area contributed by atoms with Crippen molar-refractivity contribution in [1.82, 2.24) is 4.90 Å². The maximum atomic E-state index is 14.9. The fourth-order valence-electron chi connectivity index (χ4n) is 3.67. The molecular formula is C27H23FN4O3. The van der Waals surface area contributed by atoms with Crippen LogP contribution in [-0.2, 0) is 0 Å². The van der Waals surface area contributed by atoms with Gasteiger partial charge in [0.2, 0.25) is 0 Å². The molecule has 1 heterocycles. The average molecular weight is 471 g/mol. The summed E-state index contributed by atoms with van der Waals surface area (Å²) in [6.07, 6.45) is 5.37. The van der Waals surface area contributed by atoms with Crippen molar-refractivity contribution in [3.8, 4) is 18.1 Å². The van der Waals surface area contributed by atoms with Crippen LogP contribution in [0.15, 0.2) is 65.7 Å². The highest BCUT2D eigenvalue weighted by Crippen LogP contribution is 2.25. The number of hydrogen-bond acceptors (Lipinski definition) is 5. The third-order valence-electron chi connectivity index (χ3n) is 5.56. The van der Waals surface area contributed by atoms with Crippen LogP contribution in [0.4, 0.5) is 15.8 Å². The number of amidine groups is 1. The number of rotatable bonds is 6. The van der Waals surface area contributed by atoms with Gasteiger partial charge < -0.3 is 20.3 Å². The molecule has 4 rings (SSSR count). The molecule has 2 amide bonds. The molecule has 7 nitrogen and oxygen atoms in total. The molecular weight excluding hydrogens is 447 g/mol. The number of likely N-dealkylation sites (N-methyl/N-ethyl adjacent to an activating group) is 1. The number of nitrogens with zero attached hydrogens (tertiary/aromatic N) is 2. The smallest absolute Gasteiger partial charge is 0.258 e. The predicted octanol–water partition coefficient (Wildman–Crippen LogP) is 4.01. The summed E-state index contributed by atoms with van der Waals surface area (Å²) in [5, 5.41) is 5.40. The van der Waals surface area contributed by atoms with Gasteiger partial charge in [0.1, 0.15) is 17.4 Å². The van der Waals surface area contributed by atoms with E-state index in [9.17, 15) is 14.0 Å². The Kier molecular flexibility index (Phi) is 6.78. The SMILES string of the molecule is C#Cc1ccc(NC(=O)c2cc(OC)ccc2NC(=O)c2ccc(C3=NCCN3C)cc2F)cc1. The lowest BCUT2D eigenvalue weighted by molar-refractivity contribution is 0.102. The van der Waals surface area contributed by atoms with Crippen LogP contribution in [0.25, 0.3) is 0 Å². The molecule has 2 N–H and O–H groups in total. The first-order chi connectivity index (χ1) is 16.9. The van der Waals surface area contributed by atoms with E-state index in [1.807, 2.05) is 11.9 Å². The molecule has 1 aliphatic rings. The molecule has 0 spiro atoms. The molecule has 0 atom stereocenters. The molecule has 0 unspecified atom stereocenters. The molecule has 0 fully saturated rings. The number of carbonyl (C=O) groups excluding carboxylic acids is 2. The Morgan fingerprint density at radius 3 is 2.40 bits per heavy atom. The van der Waals surface area contributed by atoms with E-state index in [0.717, 1.165) is 6.54 Å². The van der Waals surface area contributed by atoms with Crippen molar-refractivity contribution in [1.29, 1.82) is 0 Å². The number of methoxy groups -OCH3 is 1. The van der Waals surface area contributed by atoms with Crippen LogP contribution in [-0.4, -0.2) is 49.8 Å². The molecule has 35 heavy (non-hydrogen) atoms. The second-order valence-electron chi connectivity index (χ2n) is 7.86. The van der Waals surface area contributed by atoms with E-state index in [4.69, 9.17) is 11.2 Å². The summed E-state index contributed by atoms with van der Waals surface area (Å²) in [4.78, 5) is 32.2. The average Bonchev–Trinajstić information content (AvgIpc) is 3.30. The van der Waals surface area contributed by atoms with E-state index in [1.165, 1.54) is 31.4 Å². The largest absolute Gasteiger partial charge is 0.497 e. The highest BCUT2D eigenvalue weighted by Gasteiger charge is 2.20. The Hall–Kier alpha value is -4.64. The molecule has 0 aliphatic carbocycles. The Morgan fingerprint density at radius 2 is 1.77 bits per heavy atom. The number of hydrogen-bond donors (Lipinski definition) is 2. The van der Waals surface area contributed by atoms with E-state index in [2.05, 4.69) is 21.5 Å². The zero-order valence-electron chi connectivity index (χ0n) is 19.3. The fraction of sp³-hybridized carbons (Fsp3) is 0.148. The maximum Gasteiger partial charge on any atom is 0.258 e. The zero-order valence-corrected chi connectivity index (χ0v) is 19.3. The first-order valence-corrected chi connectivity index (χ1v) is 10.8. The van der Waals surface area contributed by atoms with E-state index >= 15 is 0 Å². The van der Waals surface area contributed by atoms with Gasteiger partial charge in [-0.1, -0.05) is 12.0 Å². The van der Waals surface area contributed by atoms with Crippen LogP contribution in [0, 0.1) is 18.2 Å². The second kappa shape index (κ2) is 10.1. The number of anilines is 2. The lowest BCUT2D eigenvalue weighted by Gasteiger charge is -2.15. The van der Waals surface area contributed by atoms with E-state index in [1.54, 1.807) is 36.4 Å². The summed E-state index contributed by atoms with van der Waals surface area (Å²) in [5.74, 6) is 1.76. The van der Waals surface area contributed by atoms with Gasteiger partial charge in [0.25, 0.3) is 11.8 Å². The molecule has 3 aromatic carbocycles. The molecule has 0 saturated carbocycles. The molecule has 0 radical (unpaired) electrons. The summed E-state index contributed by atoms with van der Waals surface area (Å²) >= 11 is 0. The van der Waals surface area contributed by atoms with Crippen molar-refractivity contribution in [2.24, 2.45) is 4.99 Å². The minimum Gasteiger partial charge on any atom is -0.497 e. The fourth-order valence-corrected chi connectivity index (χ4v) is 3.67. The molecule has 176 valence electrons. The number of ether oxygens (including phenoxy) is 1. The summed E-state index contributed by atoms with van der Waals surface area (Å²) < 4.78 is 20.1. The van der Waals surface area contributed by atoms with Crippen LogP contribution in [0.2, 0.25) is 0 Å². The van der Waals surface area contributed by atoms with Crippen LogP contribution >= 0.6 is 0 Å². The second-order valence-corrected chi connectivity index (χ2v) is 7.86. The van der Waals surface area contributed by atoms with Gasteiger partial charge in [-0.3, -0.25) is 14.6 Å². The third kappa shape index (κ3) is 5.14. The summed E-state index contributed by atoms with van der Waals surface area (Å²) in [7, 11) is 3.35. The van der Waals surface area contributed by atoms with Crippen molar-refractivity contribution in [2.45, 2.75) is 0 Å². The summed E-state index contributed by atoms with van der Waals surface area (Å²) in [5.41, 5.74) is 2.00. The lowest BCUT2D eigenvalue weighted by atomic mass is 10.1. The number of nitrogens with one attached hydrogen (secondary N) is 2. The van der Waals surface area contributed by atoms with Crippen molar-refractivity contribution >= 4 is 29.0 Å². The van der Waals surface area contributed by atoms with E-state index in [0.29, 0.717) is 34.9 Å². The van der Waals surface area contributed by atoms with Gasteiger partial charge in [0.05, 0.1) is 30.5 Å². The molecule has 3 aromatic rings. The van der Waals surface area contributed by atoms with Crippen molar-refractivity contribution < 1.29 is 18.7 Å². The molecule has 0 bridgehead atoms. The standard InChI is InChI=1S/C27H23FN4O3/c1-4-17-5-8-19(9-6-17)30-27(34)22-16-20(35-3)10-12-24(22)31-26(33)21-11-7-18(15-23(21)28)25-29-13-14-32(25)2/h1,5-12,15-16H,13-14H2,2-3H3,(H,30,34)(H,31,33). The Balaban J connectivity index is 1.57. The Morgan fingerprint density at radius 1 is 1.03 bits per heavy atom. The molecule has 0 aromatic heterocycles. The van der Waals surface area contributed by atoms with Crippen LogP contribution < -0.4 is 15.4 Å². The maximum absolute atomic E-state index is 14.9. The number of terminal acetylenes is 1. The Labute approximate surface area is 202 Å². The van der Waals surface area contributed by atoms with Gasteiger partial charge in [-0.15, -0.1) is 6.42 Å². The lowest BCUT2D eigenvalue weighted by Crippen LogP contribution is -2.24. The monoisotopic (exact) mass is 470 g/mol. The highest BCUT2D eigenvalue weighted by atomic mass is 19.1. The van der Waals surface area contributed by atoms with Gasteiger partial charge in [0.15, 0.2) is 0 Å². The normalized spacial score (nSPS) is 12.5. The minimum absolute atomic E-state index is 0.151. The molecule has 1 aliphatic heterocycles. The number of aliphatic imine (C=N–C) groups is 1. The van der Waals surface area contributed by atoms with Gasteiger partial charge >= 0.3 is 0 Å². The number of halogens is 1. The Bertz CT molecular complexity index is 1360. The first kappa shape index (κ1) is 23.5. The molecule has 8 heteroatoms. The number of amides is 2. The van der Waals surface area contributed by atoms with Crippen molar-refractivity contribution in [3.63, 3.8) is 0 Å².